The Hall–Kier alpha value is -2.41. The van der Waals surface area contributed by atoms with E-state index in [0.29, 0.717) is 30.0 Å². The van der Waals surface area contributed by atoms with Crippen LogP contribution in [0.1, 0.15) is 36.2 Å². The Balaban J connectivity index is 1.56. The van der Waals surface area contributed by atoms with Crippen LogP contribution in [0, 0.1) is 0 Å². The summed E-state index contributed by atoms with van der Waals surface area (Å²) in [4.78, 5) is 27.4. The van der Waals surface area contributed by atoms with E-state index in [0.717, 1.165) is 19.3 Å². The number of nitrogens with two attached hydrogens (primary N) is 1. The van der Waals surface area contributed by atoms with Gasteiger partial charge in [-0.1, -0.05) is 18.6 Å². The maximum absolute atomic E-state index is 11.8. The number of aromatic nitrogens is 1. The van der Waals surface area contributed by atoms with Gasteiger partial charge in [-0.15, -0.1) is 11.3 Å². The molecule has 0 radical (unpaired) electrons. The highest BCUT2D eigenvalue weighted by Crippen LogP contribution is 2.17. The molecule has 0 fully saturated rings. The molecule has 7 heteroatoms. The fourth-order valence-electron chi connectivity index (χ4n) is 2.03. The van der Waals surface area contributed by atoms with E-state index in [-0.39, 0.29) is 11.8 Å². The standard InChI is InChI=1S/C16H20N4O2S/c17-12-6-3-4-7-13(12)20-15(21)8-2-1-5-9-18-16(22)14-10-23-11-19-14/h3-4,6-7,10-11H,1-2,5,8-9,17H2,(H,18,22)(H,20,21). The van der Waals surface area contributed by atoms with Crippen LogP contribution in [0.2, 0.25) is 0 Å². The summed E-state index contributed by atoms with van der Waals surface area (Å²) < 4.78 is 0. The van der Waals surface area contributed by atoms with Gasteiger partial charge in [-0.2, -0.15) is 0 Å². The Morgan fingerprint density at radius 1 is 1.17 bits per heavy atom. The molecule has 0 aliphatic carbocycles. The Kier molecular flexibility index (Phi) is 6.56. The highest BCUT2D eigenvalue weighted by atomic mass is 32.1. The summed E-state index contributed by atoms with van der Waals surface area (Å²) in [5, 5.41) is 7.32. The molecule has 23 heavy (non-hydrogen) atoms. The lowest BCUT2D eigenvalue weighted by Crippen LogP contribution is -2.24. The van der Waals surface area contributed by atoms with Gasteiger partial charge in [0.15, 0.2) is 0 Å². The summed E-state index contributed by atoms with van der Waals surface area (Å²) >= 11 is 1.39. The number of hydrogen-bond acceptors (Lipinski definition) is 5. The van der Waals surface area contributed by atoms with Crippen LogP contribution in [0.3, 0.4) is 0 Å². The van der Waals surface area contributed by atoms with Crippen molar-refractivity contribution in [1.82, 2.24) is 10.3 Å². The van der Waals surface area contributed by atoms with Gasteiger partial charge in [-0.05, 0) is 25.0 Å². The second-order valence-electron chi connectivity index (χ2n) is 5.08. The third-order valence-corrected chi connectivity index (χ3v) is 3.85. The monoisotopic (exact) mass is 332 g/mol. The lowest BCUT2D eigenvalue weighted by molar-refractivity contribution is -0.116. The van der Waals surface area contributed by atoms with Crippen molar-refractivity contribution >= 4 is 34.5 Å². The van der Waals surface area contributed by atoms with Crippen molar-refractivity contribution in [2.24, 2.45) is 0 Å². The molecule has 0 saturated heterocycles. The van der Waals surface area contributed by atoms with E-state index in [9.17, 15) is 9.59 Å². The molecule has 0 atom stereocenters. The minimum absolute atomic E-state index is 0.0468. The largest absolute Gasteiger partial charge is 0.397 e. The zero-order valence-electron chi connectivity index (χ0n) is 12.7. The lowest BCUT2D eigenvalue weighted by atomic mass is 10.2. The van der Waals surface area contributed by atoms with Gasteiger partial charge in [0.1, 0.15) is 5.69 Å². The molecule has 0 bridgehead atoms. The first kappa shape index (κ1) is 17.0. The normalized spacial score (nSPS) is 10.3. The number of carbonyl (C=O) groups excluding carboxylic acids is 2. The summed E-state index contributed by atoms with van der Waals surface area (Å²) in [6.07, 6.45) is 2.91. The van der Waals surface area contributed by atoms with E-state index in [1.807, 2.05) is 12.1 Å². The molecular formula is C16H20N4O2S. The molecule has 0 aliphatic rings. The molecule has 0 unspecified atom stereocenters. The Labute approximate surface area is 139 Å². The van der Waals surface area contributed by atoms with E-state index < -0.39 is 0 Å². The summed E-state index contributed by atoms with van der Waals surface area (Å²) in [5.74, 6) is -0.196. The van der Waals surface area contributed by atoms with Crippen LogP contribution in [0.5, 0.6) is 0 Å². The summed E-state index contributed by atoms with van der Waals surface area (Å²) in [6.45, 7) is 0.587. The number of amides is 2. The van der Waals surface area contributed by atoms with Crippen molar-refractivity contribution in [1.29, 1.82) is 0 Å². The van der Waals surface area contributed by atoms with Crippen molar-refractivity contribution in [3.05, 3.63) is 40.8 Å². The maximum Gasteiger partial charge on any atom is 0.270 e. The van der Waals surface area contributed by atoms with Gasteiger partial charge in [-0.25, -0.2) is 4.98 Å². The van der Waals surface area contributed by atoms with E-state index in [4.69, 9.17) is 5.73 Å². The first-order valence-electron chi connectivity index (χ1n) is 7.47. The van der Waals surface area contributed by atoms with Gasteiger partial charge in [0.25, 0.3) is 5.91 Å². The number of anilines is 2. The van der Waals surface area contributed by atoms with E-state index in [1.54, 1.807) is 23.0 Å². The van der Waals surface area contributed by atoms with Crippen LogP contribution < -0.4 is 16.4 Å². The molecule has 1 heterocycles. The maximum atomic E-state index is 11.8. The van der Waals surface area contributed by atoms with Crippen molar-refractivity contribution in [3.8, 4) is 0 Å². The molecule has 0 aliphatic heterocycles. The van der Waals surface area contributed by atoms with Crippen molar-refractivity contribution in [2.45, 2.75) is 25.7 Å². The molecule has 122 valence electrons. The molecule has 0 spiro atoms. The van der Waals surface area contributed by atoms with Gasteiger partial charge < -0.3 is 16.4 Å². The lowest BCUT2D eigenvalue weighted by Gasteiger charge is -2.07. The number of hydrogen-bond donors (Lipinski definition) is 3. The third kappa shape index (κ3) is 5.71. The van der Waals surface area contributed by atoms with Crippen LogP contribution >= 0.6 is 11.3 Å². The highest BCUT2D eigenvalue weighted by Gasteiger charge is 2.07. The van der Waals surface area contributed by atoms with Crippen LogP contribution in [-0.4, -0.2) is 23.3 Å². The van der Waals surface area contributed by atoms with Gasteiger partial charge >= 0.3 is 0 Å². The number of para-hydroxylation sites is 2. The Bertz CT molecular complexity index is 643. The van der Waals surface area contributed by atoms with Crippen LogP contribution in [-0.2, 0) is 4.79 Å². The zero-order valence-corrected chi connectivity index (χ0v) is 13.6. The summed E-state index contributed by atoms with van der Waals surface area (Å²) in [5.41, 5.74) is 9.07. The fraction of sp³-hybridized carbons (Fsp3) is 0.312. The van der Waals surface area contributed by atoms with Crippen molar-refractivity contribution < 1.29 is 9.59 Å². The minimum Gasteiger partial charge on any atom is -0.397 e. The predicted molar refractivity (Wildman–Crippen MR) is 92.4 cm³/mol. The van der Waals surface area contributed by atoms with Crippen molar-refractivity contribution in [3.63, 3.8) is 0 Å². The SMILES string of the molecule is Nc1ccccc1NC(=O)CCCCCNC(=O)c1cscn1. The molecule has 4 N–H and O–H groups in total. The van der Waals surface area contributed by atoms with E-state index in [1.165, 1.54) is 11.3 Å². The number of carbonyl (C=O) groups is 2. The summed E-state index contributed by atoms with van der Waals surface area (Å²) in [7, 11) is 0. The van der Waals surface area contributed by atoms with Gasteiger partial charge in [0.2, 0.25) is 5.91 Å². The van der Waals surface area contributed by atoms with Gasteiger partial charge in [0.05, 0.1) is 16.9 Å². The number of thiazole rings is 1. The fourth-order valence-corrected chi connectivity index (χ4v) is 2.56. The highest BCUT2D eigenvalue weighted by molar-refractivity contribution is 7.07. The molecule has 2 aromatic rings. The summed E-state index contributed by atoms with van der Waals surface area (Å²) in [6, 6.07) is 7.18. The number of benzene rings is 1. The molecule has 1 aromatic carbocycles. The number of nitrogen functional groups attached to an aromatic ring is 1. The minimum atomic E-state index is -0.149. The second kappa shape index (κ2) is 8.89. The van der Waals surface area contributed by atoms with Gasteiger partial charge in [-0.3, -0.25) is 9.59 Å². The molecule has 2 amide bonds. The first-order chi connectivity index (χ1) is 11.2. The topological polar surface area (TPSA) is 97.1 Å². The van der Waals surface area contributed by atoms with E-state index >= 15 is 0 Å². The number of rotatable bonds is 8. The quantitative estimate of drug-likeness (QED) is 0.511. The second-order valence-corrected chi connectivity index (χ2v) is 5.79. The average molecular weight is 332 g/mol. The molecule has 2 rings (SSSR count). The molecule has 1 aromatic heterocycles. The smallest absolute Gasteiger partial charge is 0.270 e. The molecule has 6 nitrogen and oxygen atoms in total. The first-order valence-corrected chi connectivity index (χ1v) is 8.42. The Morgan fingerprint density at radius 2 is 2.00 bits per heavy atom. The Morgan fingerprint density at radius 3 is 2.74 bits per heavy atom. The molecular weight excluding hydrogens is 312 g/mol. The average Bonchev–Trinajstić information content (AvgIpc) is 3.07. The van der Waals surface area contributed by atoms with Crippen LogP contribution in [0.15, 0.2) is 35.2 Å². The molecule has 0 saturated carbocycles. The zero-order chi connectivity index (χ0) is 16.5. The van der Waals surface area contributed by atoms with Crippen LogP contribution in [0.25, 0.3) is 0 Å². The number of nitrogens with one attached hydrogen (secondary N) is 2. The van der Waals surface area contributed by atoms with Gasteiger partial charge in [0, 0.05) is 18.3 Å². The van der Waals surface area contributed by atoms with Crippen molar-refractivity contribution in [2.75, 3.05) is 17.6 Å². The predicted octanol–water partition coefficient (Wildman–Crippen LogP) is 2.65. The number of nitrogens with zero attached hydrogens (tertiary/aromatic N) is 1. The third-order valence-electron chi connectivity index (χ3n) is 3.27. The number of unbranched alkanes of at least 4 members (excludes halogenated alkanes) is 2. The van der Waals surface area contributed by atoms with Crippen LogP contribution in [0.4, 0.5) is 11.4 Å². The van der Waals surface area contributed by atoms with E-state index in [2.05, 4.69) is 15.6 Å².